The van der Waals surface area contributed by atoms with Crippen LogP contribution in [0, 0.1) is 12.8 Å². The third-order valence-electron chi connectivity index (χ3n) is 2.01. The molecule has 6 heteroatoms. The maximum absolute atomic E-state index is 11.7. The highest BCUT2D eigenvalue weighted by Crippen LogP contribution is 2.11. The second-order valence-corrected chi connectivity index (χ2v) is 6.10. The highest BCUT2D eigenvalue weighted by molar-refractivity contribution is 7.84. The Labute approximate surface area is 101 Å². The van der Waals surface area contributed by atoms with Gasteiger partial charge in [-0.3, -0.25) is 9.00 Å². The van der Waals surface area contributed by atoms with Crippen molar-refractivity contribution >= 4 is 28.1 Å². The summed E-state index contributed by atoms with van der Waals surface area (Å²) >= 11 is 1.54. The van der Waals surface area contributed by atoms with Crippen molar-refractivity contribution in [1.82, 2.24) is 4.98 Å². The Hall–Kier alpha value is -0.750. The molecule has 0 radical (unpaired) electrons. The first-order valence-electron chi connectivity index (χ1n) is 4.86. The smallest absolute Gasteiger partial charge is 0.309 e. The molecule has 0 saturated heterocycles. The van der Waals surface area contributed by atoms with Gasteiger partial charge in [-0.2, -0.15) is 0 Å². The summed E-state index contributed by atoms with van der Waals surface area (Å²) in [7, 11) is 0.272. The van der Waals surface area contributed by atoms with Crippen molar-refractivity contribution in [1.29, 1.82) is 0 Å². The molecule has 0 aromatic carbocycles. The molecule has 0 amide bonds. The van der Waals surface area contributed by atoms with E-state index in [1.165, 1.54) is 18.4 Å². The van der Waals surface area contributed by atoms with Crippen molar-refractivity contribution in [3.8, 4) is 0 Å². The van der Waals surface area contributed by atoms with Gasteiger partial charge < -0.3 is 4.74 Å². The number of carbonyl (C=O) groups is 1. The van der Waals surface area contributed by atoms with Gasteiger partial charge in [0.2, 0.25) is 0 Å². The van der Waals surface area contributed by atoms with Crippen LogP contribution in [0.15, 0.2) is 5.38 Å². The quantitative estimate of drug-likeness (QED) is 0.754. The molecule has 2 unspecified atom stereocenters. The highest BCUT2D eigenvalue weighted by Gasteiger charge is 2.17. The van der Waals surface area contributed by atoms with E-state index < -0.39 is 10.8 Å². The first-order valence-corrected chi connectivity index (χ1v) is 7.23. The van der Waals surface area contributed by atoms with Crippen LogP contribution >= 0.6 is 11.3 Å². The van der Waals surface area contributed by atoms with E-state index in [0.717, 1.165) is 10.7 Å². The molecular formula is C10H15NO3S2. The predicted molar refractivity (Wildman–Crippen MR) is 64.7 cm³/mol. The molecule has 1 aromatic heterocycles. The second-order valence-electron chi connectivity index (χ2n) is 3.53. The Kier molecular flexibility index (Phi) is 5.08. The topological polar surface area (TPSA) is 56.3 Å². The van der Waals surface area contributed by atoms with E-state index in [1.54, 1.807) is 6.92 Å². The number of carbonyl (C=O) groups excluding carboxylic acids is 1. The minimum atomic E-state index is -1.07. The largest absolute Gasteiger partial charge is 0.469 e. The van der Waals surface area contributed by atoms with Crippen molar-refractivity contribution in [2.75, 3.05) is 12.9 Å². The predicted octanol–water partition coefficient (Wildman–Crippen LogP) is 1.51. The van der Waals surface area contributed by atoms with Gasteiger partial charge in [-0.05, 0) is 6.92 Å². The van der Waals surface area contributed by atoms with E-state index in [4.69, 9.17) is 0 Å². The van der Waals surface area contributed by atoms with Gasteiger partial charge in [0.15, 0.2) is 0 Å². The number of aromatic nitrogens is 1. The summed E-state index contributed by atoms with van der Waals surface area (Å²) in [6, 6.07) is 0. The van der Waals surface area contributed by atoms with Crippen LogP contribution < -0.4 is 0 Å². The van der Waals surface area contributed by atoms with Crippen LogP contribution in [0.25, 0.3) is 0 Å². The van der Waals surface area contributed by atoms with Gasteiger partial charge in [-0.15, -0.1) is 11.3 Å². The Morgan fingerprint density at radius 3 is 2.88 bits per heavy atom. The molecule has 1 heterocycles. The van der Waals surface area contributed by atoms with Gasteiger partial charge in [0, 0.05) is 21.9 Å². The Bertz CT molecular complexity index is 389. The summed E-state index contributed by atoms with van der Waals surface area (Å²) in [5.74, 6) is 0.0860. The fraction of sp³-hybridized carbons (Fsp3) is 0.600. The van der Waals surface area contributed by atoms with Gasteiger partial charge in [0.25, 0.3) is 0 Å². The van der Waals surface area contributed by atoms with Gasteiger partial charge in [-0.1, -0.05) is 6.92 Å². The molecule has 0 aliphatic heterocycles. The average molecular weight is 261 g/mol. The monoisotopic (exact) mass is 261 g/mol. The van der Waals surface area contributed by atoms with E-state index in [0.29, 0.717) is 11.5 Å². The van der Waals surface area contributed by atoms with Gasteiger partial charge in [0.1, 0.15) is 0 Å². The second kappa shape index (κ2) is 6.10. The van der Waals surface area contributed by atoms with E-state index in [9.17, 15) is 9.00 Å². The number of hydrogen-bond acceptors (Lipinski definition) is 5. The summed E-state index contributed by atoms with van der Waals surface area (Å²) in [4.78, 5) is 15.4. The van der Waals surface area contributed by atoms with Crippen LogP contribution in [-0.2, 0) is 26.1 Å². The molecule has 0 bridgehead atoms. The lowest BCUT2D eigenvalue weighted by Gasteiger charge is -2.07. The van der Waals surface area contributed by atoms with Crippen molar-refractivity contribution in [3.63, 3.8) is 0 Å². The summed E-state index contributed by atoms with van der Waals surface area (Å²) in [6.07, 6.45) is 0. The molecule has 90 valence electrons. The molecule has 1 aromatic rings. The first-order chi connectivity index (χ1) is 7.52. The standard InChI is InChI=1S/C10H15NO3S2/c1-7(10(12)14-3)5-16(13)6-9-4-15-8(2)11-9/h4,7H,5-6H2,1-3H3. The van der Waals surface area contributed by atoms with E-state index in [2.05, 4.69) is 9.72 Å². The molecule has 0 aliphatic carbocycles. The third kappa shape index (κ3) is 4.02. The van der Waals surface area contributed by atoms with Crippen LogP contribution in [0.4, 0.5) is 0 Å². The lowest BCUT2D eigenvalue weighted by Crippen LogP contribution is -2.20. The molecule has 0 fully saturated rings. The zero-order chi connectivity index (χ0) is 12.1. The average Bonchev–Trinajstić information content (AvgIpc) is 2.62. The number of thiazole rings is 1. The Morgan fingerprint density at radius 2 is 2.38 bits per heavy atom. The third-order valence-corrected chi connectivity index (χ3v) is 4.33. The molecule has 2 atom stereocenters. The van der Waals surface area contributed by atoms with Crippen LogP contribution in [0.5, 0.6) is 0 Å². The minimum absolute atomic E-state index is 0.317. The summed E-state index contributed by atoms with van der Waals surface area (Å²) in [5, 5.41) is 2.86. The molecule has 0 aliphatic rings. The maximum atomic E-state index is 11.7. The van der Waals surface area contributed by atoms with Crippen LogP contribution in [0.1, 0.15) is 17.6 Å². The maximum Gasteiger partial charge on any atom is 0.309 e. The zero-order valence-corrected chi connectivity index (χ0v) is 11.2. The SMILES string of the molecule is COC(=O)C(C)CS(=O)Cc1csc(C)n1. The van der Waals surface area contributed by atoms with Crippen molar-refractivity contribution in [2.45, 2.75) is 19.6 Å². The molecule has 0 spiro atoms. The fourth-order valence-electron chi connectivity index (χ4n) is 1.25. The van der Waals surface area contributed by atoms with Crippen molar-refractivity contribution in [2.24, 2.45) is 5.92 Å². The lowest BCUT2D eigenvalue weighted by molar-refractivity contribution is -0.144. The van der Waals surface area contributed by atoms with Crippen LogP contribution in [0.3, 0.4) is 0 Å². The summed E-state index contributed by atoms with van der Waals surface area (Å²) in [5.41, 5.74) is 0.831. The molecule has 0 saturated carbocycles. The zero-order valence-electron chi connectivity index (χ0n) is 9.56. The summed E-state index contributed by atoms with van der Waals surface area (Å²) < 4.78 is 16.3. The first kappa shape index (κ1) is 13.3. The van der Waals surface area contributed by atoms with Crippen LogP contribution in [0.2, 0.25) is 0 Å². The molecule has 4 nitrogen and oxygen atoms in total. The minimum Gasteiger partial charge on any atom is -0.469 e. The number of esters is 1. The Balaban J connectivity index is 2.45. The number of rotatable bonds is 5. The number of ether oxygens (including phenoxy) is 1. The van der Waals surface area contributed by atoms with Gasteiger partial charge in [-0.25, -0.2) is 4.98 Å². The lowest BCUT2D eigenvalue weighted by atomic mass is 10.2. The normalized spacial score (nSPS) is 14.4. The van der Waals surface area contributed by atoms with Gasteiger partial charge >= 0.3 is 5.97 Å². The van der Waals surface area contributed by atoms with Crippen molar-refractivity contribution < 1.29 is 13.7 Å². The number of methoxy groups -OCH3 is 1. The molecular weight excluding hydrogens is 246 g/mol. The molecule has 1 rings (SSSR count). The fourth-order valence-corrected chi connectivity index (χ4v) is 3.25. The van der Waals surface area contributed by atoms with Crippen molar-refractivity contribution in [3.05, 3.63) is 16.1 Å². The Morgan fingerprint density at radius 1 is 1.69 bits per heavy atom. The molecule has 0 N–H and O–H groups in total. The highest BCUT2D eigenvalue weighted by atomic mass is 32.2. The van der Waals surface area contributed by atoms with E-state index in [-0.39, 0.29) is 11.9 Å². The summed E-state index contributed by atoms with van der Waals surface area (Å²) in [6.45, 7) is 3.63. The van der Waals surface area contributed by atoms with Gasteiger partial charge in [0.05, 0.1) is 29.5 Å². The number of hydrogen-bond donors (Lipinski definition) is 0. The van der Waals surface area contributed by atoms with E-state index in [1.807, 2.05) is 12.3 Å². The number of aryl methyl sites for hydroxylation is 1. The van der Waals surface area contributed by atoms with E-state index >= 15 is 0 Å². The van der Waals surface area contributed by atoms with Crippen LogP contribution in [-0.4, -0.2) is 28.0 Å². The molecule has 16 heavy (non-hydrogen) atoms. The number of nitrogens with zero attached hydrogens (tertiary/aromatic N) is 1.